The van der Waals surface area contributed by atoms with Crippen molar-refractivity contribution in [3.63, 3.8) is 0 Å². The van der Waals surface area contributed by atoms with Crippen molar-refractivity contribution in [2.24, 2.45) is 0 Å². The predicted molar refractivity (Wildman–Crippen MR) is 89.6 cm³/mol. The van der Waals surface area contributed by atoms with Crippen molar-refractivity contribution in [1.29, 1.82) is 0 Å². The molecule has 0 saturated carbocycles. The van der Waals surface area contributed by atoms with E-state index in [9.17, 15) is 9.59 Å². The largest absolute Gasteiger partial charge is 0.478 e. The molecule has 124 valence electrons. The lowest BCUT2D eigenvalue weighted by Gasteiger charge is -1.95. The van der Waals surface area contributed by atoms with Crippen molar-refractivity contribution in [3.05, 3.63) is 12.2 Å². The Morgan fingerprint density at radius 1 is 0.810 bits per heavy atom. The predicted octanol–water partition coefficient (Wildman–Crippen LogP) is 5.53. The van der Waals surface area contributed by atoms with Crippen LogP contribution in [0.1, 0.15) is 90.9 Å². The molecule has 0 amide bonds. The normalized spacial score (nSPS) is 10.2. The summed E-state index contributed by atoms with van der Waals surface area (Å²) in [5.41, 5.74) is 0. The van der Waals surface area contributed by atoms with Crippen molar-refractivity contribution in [3.8, 4) is 0 Å². The van der Waals surface area contributed by atoms with Gasteiger partial charge in [0.25, 0.3) is 0 Å². The fourth-order valence-electron chi connectivity index (χ4n) is 1.88. The number of allylic oxidation sites excluding steroid dienone is 1. The van der Waals surface area contributed by atoms with Crippen molar-refractivity contribution in [2.75, 3.05) is 0 Å². The van der Waals surface area contributed by atoms with Gasteiger partial charge in [0.05, 0.1) is 0 Å². The number of carboxylic acid groups (broad SMARTS) is 1. The lowest BCUT2D eigenvalue weighted by molar-refractivity contribution is -0.131. The van der Waals surface area contributed by atoms with Crippen LogP contribution in [-0.4, -0.2) is 17.4 Å². The lowest BCUT2D eigenvalue weighted by atomic mass is 10.1. The summed E-state index contributed by atoms with van der Waals surface area (Å²) in [6.45, 7) is 4.38. The maximum atomic E-state index is 10.0. The Morgan fingerprint density at radius 2 is 1.29 bits per heavy atom. The molecule has 0 aromatic rings. The number of carbonyl (C=O) groups excluding carboxylic acids is 1. The van der Waals surface area contributed by atoms with Crippen molar-refractivity contribution < 1.29 is 14.7 Å². The zero-order chi connectivity index (χ0) is 16.2. The Balaban J connectivity index is 0. The Hall–Kier alpha value is -1.12. The summed E-state index contributed by atoms with van der Waals surface area (Å²) < 4.78 is 0. The molecular formula is C18H34O3. The van der Waals surface area contributed by atoms with Gasteiger partial charge in [-0.15, -0.1) is 0 Å². The van der Waals surface area contributed by atoms with E-state index in [0.29, 0.717) is 0 Å². The number of unbranched alkanes of at least 4 members (excludes halogenated alkanes) is 10. The smallest absolute Gasteiger partial charge is 0.327 e. The maximum Gasteiger partial charge on any atom is 0.327 e. The van der Waals surface area contributed by atoms with Crippen LogP contribution in [0.5, 0.6) is 0 Å². The molecule has 3 nitrogen and oxygen atoms in total. The molecule has 0 spiro atoms. The van der Waals surface area contributed by atoms with E-state index in [1.807, 2.05) is 0 Å². The second kappa shape index (κ2) is 21.2. The van der Waals surface area contributed by atoms with Gasteiger partial charge in [-0.25, -0.2) is 4.79 Å². The van der Waals surface area contributed by atoms with E-state index in [1.165, 1.54) is 57.4 Å². The quantitative estimate of drug-likeness (QED) is 0.276. The minimum Gasteiger partial charge on any atom is -0.478 e. The van der Waals surface area contributed by atoms with Gasteiger partial charge in [0.15, 0.2) is 0 Å². The van der Waals surface area contributed by atoms with Gasteiger partial charge in [-0.05, 0) is 19.3 Å². The third kappa shape index (κ3) is 27.9. The molecule has 0 saturated heterocycles. The number of aliphatic carboxylic acids is 1. The zero-order valence-corrected chi connectivity index (χ0v) is 14.0. The average molecular weight is 298 g/mol. The fourth-order valence-corrected chi connectivity index (χ4v) is 1.88. The Labute approximate surface area is 130 Å². The number of aldehydes is 1. The summed E-state index contributed by atoms with van der Waals surface area (Å²) in [5.74, 6) is -0.844. The van der Waals surface area contributed by atoms with Crippen LogP contribution < -0.4 is 0 Å². The second-order valence-corrected chi connectivity index (χ2v) is 5.31. The summed E-state index contributed by atoms with van der Waals surface area (Å²) in [6.07, 6.45) is 18.0. The second-order valence-electron chi connectivity index (χ2n) is 5.31. The molecule has 3 heteroatoms. The van der Waals surface area contributed by atoms with Crippen molar-refractivity contribution in [2.45, 2.75) is 90.9 Å². The monoisotopic (exact) mass is 298 g/mol. The molecule has 1 N–H and O–H groups in total. The van der Waals surface area contributed by atoms with Crippen LogP contribution >= 0.6 is 0 Å². The van der Waals surface area contributed by atoms with Gasteiger partial charge >= 0.3 is 5.97 Å². The zero-order valence-electron chi connectivity index (χ0n) is 14.0. The summed E-state index contributed by atoms with van der Waals surface area (Å²) in [6, 6.07) is 0. The first-order valence-electron chi connectivity index (χ1n) is 8.52. The van der Waals surface area contributed by atoms with Gasteiger partial charge in [-0.1, -0.05) is 71.3 Å². The number of rotatable bonds is 13. The third-order valence-electron chi connectivity index (χ3n) is 3.16. The molecule has 0 aliphatic rings. The molecule has 0 aliphatic carbocycles. The van der Waals surface area contributed by atoms with Crippen LogP contribution in [-0.2, 0) is 9.59 Å². The molecule has 0 aromatic carbocycles. The van der Waals surface area contributed by atoms with E-state index < -0.39 is 5.97 Å². The Kier molecular flexibility index (Phi) is 22.4. The number of carbonyl (C=O) groups is 2. The molecule has 0 bridgehead atoms. The van der Waals surface area contributed by atoms with E-state index in [4.69, 9.17) is 5.11 Å². The summed E-state index contributed by atoms with van der Waals surface area (Å²) in [7, 11) is 0. The van der Waals surface area contributed by atoms with Crippen molar-refractivity contribution >= 4 is 12.3 Å². The van der Waals surface area contributed by atoms with E-state index in [0.717, 1.165) is 32.0 Å². The summed E-state index contributed by atoms with van der Waals surface area (Å²) >= 11 is 0. The maximum absolute atomic E-state index is 10.0. The highest BCUT2D eigenvalue weighted by atomic mass is 16.4. The van der Waals surface area contributed by atoms with Crippen LogP contribution in [0.2, 0.25) is 0 Å². The van der Waals surface area contributed by atoms with E-state index in [1.54, 1.807) is 6.08 Å². The lowest BCUT2D eigenvalue weighted by Crippen LogP contribution is -1.85. The van der Waals surface area contributed by atoms with Crippen molar-refractivity contribution in [1.82, 2.24) is 0 Å². The fraction of sp³-hybridized carbons (Fsp3) is 0.778. The molecule has 0 atom stereocenters. The van der Waals surface area contributed by atoms with Gasteiger partial charge in [0.2, 0.25) is 0 Å². The molecule has 0 heterocycles. The third-order valence-corrected chi connectivity index (χ3v) is 3.16. The summed E-state index contributed by atoms with van der Waals surface area (Å²) in [5, 5.41) is 8.27. The number of hydrogen-bond acceptors (Lipinski definition) is 2. The molecule has 0 unspecified atom stereocenters. The standard InChI is InChI=1S/C10H18O2.C8H16O/c1-2-3-4-5-6-7-8-9-10(11)12;1-2-3-4-5-6-7-8-9/h8-9H,2-7H2,1H3,(H,11,12);8H,2-7H2,1H3/b9-8+;. The van der Waals surface area contributed by atoms with Gasteiger partial charge in [0, 0.05) is 12.5 Å². The molecule has 0 aromatic heterocycles. The Bertz CT molecular complexity index is 247. The van der Waals surface area contributed by atoms with Crippen LogP contribution in [0.15, 0.2) is 12.2 Å². The SMILES string of the molecule is CCCCCCC/C=C/C(=O)O.CCCCCCCC=O. The molecule has 0 rings (SSSR count). The van der Waals surface area contributed by atoms with Gasteiger partial charge in [-0.3, -0.25) is 0 Å². The number of hydrogen-bond donors (Lipinski definition) is 1. The molecular weight excluding hydrogens is 264 g/mol. The highest BCUT2D eigenvalue weighted by Gasteiger charge is 1.88. The molecule has 0 aliphatic heterocycles. The summed E-state index contributed by atoms with van der Waals surface area (Å²) in [4.78, 5) is 19.9. The molecule has 0 fully saturated rings. The van der Waals surface area contributed by atoms with Crippen LogP contribution in [0, 0.1) is 0 Å². The van der Waals surface area contributed by atoms with Gasteiger partial charge < -0.3 is 9.90 Å². The first-order chi connectivity index (χ1) is 10.2. The van der Waals surface area contributed by atoms with Gasteiger partial charge in [-0.2, -0.15) is 0 Å². The van der Waals surface area contributed by atoms with Gasteiger partial charge in [0.1, 0.15) is 6.29 Å². The topological polar surface area (TPSA) is 54.4 Å². The van der Waals surface area contributed by atoms with E-state index in [-0.39, 0.29) is 0 Å². The van der Waals surface area contributed by atoms with E-state index >= 15 is 0 Å². The minimum absolute atomic E-state index is 0.754. The molecule has 0 radical (unpaired) electrons. The van der Waals surface area contributed by atoms with Crippen LogP contribution in [0.4, 0.5) is 0 Å². The first kappa shape index (κ1) is 22.2. The van der Waals surface area contributed by atoms with E-state index in [2.05, 4.69) is 13.8 Å². The average Bonchev–Trinajstić information content (AvgIpc) is 2.47. The first-order valence-corrected chi connectivity index (χ1v) is 8.52. The highest BCUT2D eigenvalue weighted by Crippen LogP contribution is 2.05. The molecule has 21 heavy (non-hydrogen) atoms. The minimum atomic E-state index is -0.844. The Morgan fingerprint density at radius 3 is 1.71 bits per heavy atom. The highest BCUT2D eigenvalue weighted by molar-refractivity contribution is 5.79. The van der Waals surface area contributed by atoms with Crippen LogP contribution in [0.25, 0.3) is 0 Å². The van der Waals surface area contributed by atoms with Crippen LogP contribution in [0.3, 0.4) is 0 Å². The number of carboxylic acids is 1.